The summed E-state index contributed by atoms with van der Waals surface area (Å²) in [6, 6.07) is 0. The molecule has 1 N–H and O–H groups in total. The number of ketones is 1. The SMILES string of the molecule is CNCCON=CC(C)=O. The van der Waals surface area contributed by atoms with Crippen LogP contribution in [0.4, 0.5) is 0 Å². The second-order valence-electron chi connectivity index (χ2n) is 1.78. The fraction of sp³-hybridized carbons (Fsp3) is 0.667. The van der Waals surface area contributed by atoms with Crippen molar-refractivity contribution in [3.63, 3.8) is 0 Å². The summed E-state index contributed by atoms with van der Waals surface area (Å²) in [4.78, 5) is 14.9. The van der Waals surface area contributed by atoms with Gasteiger partial charge < -0.3 is 10.2 Å². The zero-order valence-corrected chi connectivity index (χ0v) is 6.26. The van der Waals surface area contributed by atoms with E-state index in [0.717, 1.165) is 12.8 Å². The van der Waals surface area contributed by atoms with E-state index < -0.39 is 0 Å². The van der Waals surface area contributed by atoms with Crippen LogP contribution in [0.3, 0.4) is 0 Å². The van der Waals surface area contributed by atoms with Gasteiger partial charge in [-0.3, -0.25) is 4.79 Å². The van der Waals surface area contributed by atoms with Crippen LogP contribution in [0, 0.1) is 0 Å². The van der Waals surface area contributed by atoms with Gasteiger partial charge >= 0.3 is 0 Å². The molecule has 0 aromatic carbocycles. The van der Waals surface area contributed by atoms with Gasteiger partial charge in [-0.1, -0.05) is 5.16 Å². The number of hydrogen-bond donors (Lipinski definition) is 1. The van der Waals surface area contributed by atoms with Crippen LogP contribution in [0.1, 0.15) is 6.92 Å². The fourth-order valence-corrected chi connectivity index (χ4v) is 0.312. The Bertz CT molecular complexity index is 123. The third-order valence-corrected chi connectivity index (χ3v) is 0.752. The maximum Gasteiger partial charge on any atom is 0.174 e. The molecule has 0 saturated carbocycles. The molecular formula is C6H12N2O2. The Morgan fingerprint density at radius 2 is 2.50 bits per heavy atom. The van der Waals surface area contributed by atoms with E-state index in [1.165, 1.54) is 6.92 Å². The van der Waals surface area contributed by atoms with Gasteiger partial charge in [0.1, 0.15) is 12.8 Å². The summed E-state index contributed by atoms with van der Waals surface area (Å²) in [5.41, 5.74) is 0. The first-order valence-electron chi connectivity index (χ1n) is 3.08. The third-order valence-electron chi connectivity index (χ3n) is 0.752. The Hall–Kier alpha value is -0.900. The quantitative estimate of drug-likeness (QED) is 0.330. The molecule has 0 saturated heterocycles. The molecular weight excluding hydrogens is 132 g/mol. The minimum absolute atomic E-state index is 0.107. The van der Waals surface area contributed by atoms with Crippen molar-refractivity contribution in [2.45, 2.75) is 6.92 Å². The van der Waals surface area contributed by atoms with E-state index in [0.29, 0.717) is 6.61 Å². The van der Waals surface area contributed by atoms with E-state index in [1.807, 2.05) is 7.05 Å². The molecule has 58 valence electrons. The minimum atomic E-state index is -0.107. The van der Waals surface area contributed by atoms with Gasteiger partial charge in [0, 0.05) is 13.5 Å². The second-order valence-corrected chi connectivity index (χ2v) is 1.78. The van der Waals surface area contributed by atoms with Gasteiger partial charge in [0.15, 0.2) is 5.78 Å². The van der Waals surface area contributed by atoms with Crippen LogP contribution in [0.5, 0.6) is 0 Å². The maximum absolute atomic E-state index is 10.2. The number of Topliss-reactive ketones (excluding diaryl/α,β-unsaturated/α-hetero) is 1. The molecule has 0 amide bonds. The first-order chi connectivity index (χ1) is 4.77. The number of carbonyl (C=O) groups is 1. The van der Waals surface area contributed by atoms with E-state index in [-0.39, 0.29) is 5.78 Å². The molecule has 10 heavy (non-hydrogen) atoms. The van der Waals surface area contributed by atoms with Crippen LogP contribution < -0.4 is 5.32 Å². The molecule has 0 aliphatic rings. The average Bonchev–Trinajstić information content (AvgIpc) is 1.87. The lowest BCUT2D eigenvalue weighted by atomic mass is 10.5. The number of hydrogen-bond acceptors (Lipinski definition) is 4. The van der Waals surface area contributed by atoms with E-state index in [9.17, 15) is 4.79 Å². The summed E-state index contributed by atoms with van der Waals surface area (Å²) in [6.07, 6.45) is 1.15. The fourth-order valence-electron chi connectivity index (χ4n) is 0.312. The van der Waals surface area contributed by atoms with Crippen molar-refractivity contribution in [1.82, 2.24) is 5.32 Å². The van der Waals surface area contributed by atoms with Crippen LogP contribution in [0.25, 0.3) is 0 Å². The minimum Gasteiger partial charge on any atom is -0.394 e. The molecule has 0 fully saturated rings. The molecule has 0 radical (unpaired) electrons. The Morgan fingerprint density at radius 3 is 3.00 bits per heavy atom. The molecule has 0 aliphatic heterocycles. The van der Waals surface area contributed by atoms with Crippen molar-refractivity contribution < 1.29 is 9.63 Å². The lowest BCUT2D eigenvalue weighted by molar-refractivity contribution is -0.110. The third kappa shape index (κ3) is 7.10. The zero-order valence-electron chi connectivity index (χ0n) is 6.26. The number of likely N-dealkylation sites (N-methyl/N-ethyl adjacent to an activating group) is 1. The van der Waals surface area contributed by atoms with E-state index in [1.54, 1.807) is 0 Å². The largest absolute Gasteiger partial charge is 0.394 e. The van der Waals surface area contributed by atoms with Crippen molar-refractivity contribution in [2.24, 2.45) is 5.16 Å². The standard InChI is InChI=1S/C6H12N2O2/c1-6(9)5-8-10-4-3-7-2/h5,7H,3-4H2,1-2H3. The van der Waals surface area contributed by atoms with Crippen molar-refractivity contribution in [3.8, 4) is 0 Å². The lowest BCUT2D eigenvalue weighted by Crippen LogP contribution is -2.12. The Morgan fingerprint density at radius 1 is 1.80 bits per heavy atom. The Kier molecular flexibility index (Phi) is 5.66. The van der Waals surface area contributed by atoms with Crippen LogP contribution in [0.15, 0.2) is 5.16 Å². The maximum atomic E-state index is 10.2. The van der Waals surface area contributed by atoms with Gasteiger partial charge in [-0.15, -0.1) is 0 Å². The van der Waals surface area contributed by atoms with Crippen LogP contribution in [-0.2, 0) is 9.63 Å². The Balaban J connectivity index is 3.10. The number of nitrogens with one attached hydrogen (secondary N) is 1. The normalized spacial score (nSPS) is 10.2. The van der Waals surface area contributed by atoms with Crippen LogP contribution >= 0.6 is 0 Å². The molecule has 0 bridgehead atoms. The van der Waals surface area contributed by atoms with Gasteiger partial charge in [-0.25, -0.2) is 0 Å². The molecule has 0 aliphatic carbocycles. The lowest BCUT2D eigenvalue weighted by Gasteiger charge is -1.95. The smallest absolute Gasteiger partial charge is 0.174 e. The predicted octanol–water partition coefficient (Wildman–Crippen LogP) is -0.203. The summed E-state index contributed by atoms with van der Waals surface area (Å²) in [7, 11) is 1.82. The van der Waals surface area contributed by atoms with E-state index in [4.69, 9.17) is 0 Å². The van der Waals surface area contributed by atoms with Crippen molar-refractivity contribution in [3.05, 3.63) is 0 Å². The summed E-state index contributed by atoms with van der Waals surface area (Å²) in [5, 5.41) is 6.27. The van der Waals surface area contributed by atoms with Crippen LogP contribution in [0.2, 0.25) is 0 Å². The number of rotatable bonds is 5. The number of oxime groups is 1. The van der Waals surface area contributed by atoms with E-state index in [2.05, 4.69) is 15.3 Å². The molecule has 4 heteroatoms. The highest BCUT2D eigenvalue weighted by molar-refractivity contribution is 6.26. The Labute approximate surface area is 60.2 Å². The van der Waals surface area contributed by atoms with Crippen molar-refractivity contribution >= 4 is 12.0 Å². The second kappa shape index (κ2) is 6.22. The molecule has 0 heterocycles. The monoisotopic (exact) mass is 144 g/mol. The molecule has 0 aromatic rings. The highest BCUT2D eigenvalue weighted by atomic mass is 16.6. The summed E-state index contributed by atoms with van der Waals surface area (Å²) in [6.45, 7) is 2.64. The zero-order chi connectivity index (χ0) is 7.82. The number of carbonyl (C=O) groups excluding carboxylic acids is 1. The van der Waals surface area contributed by atoms with Gasteiger partial charge in [0.2, 0.25) is 0 Å². The van der Waals surface area contributed by atoms with Gasteiger partial charge in [-0.2, -0.15) is 0 Å². The molecule has 0 spiro atoms. The van der Waals surface area contributed by atoms with Gasteiger partial charge in [0.05, 0.1) is 0 Å². The van der Waals surface area contributed by atoms with Crippen LogP contribution in [-0.4, -0.2) is 32.2 Å². The molecule has 0 atom stereocenters. The summed E-state index contributed by atoms with van der Waals surface area (Å²) >= 11 is 0. The van der Waals surface area contributed by atoms with Gasteiger partial charge in [0.25, 0.3) is 0 Å². The van der Waals surface area contributed by atoms with E-state index >= 15 is 0 Å². The predicted molar refractivity (Wildman–Crippen MR) is 39.1 cm³/mol. The summed E-state index contributed by atoms with van der Waals surface area (Å²) < 4.78 is 0. The molecule has 0 unspecified atom stereocenters. The highest BCUT2D eigenvalue weighted by Gasteiger charge is 1.83. The average molecular weight is 144 g/mol. The first kappa shape index (κ1) is 9.10. The first-order valence-corrected chi connectivity index (χ1v) is 3.08. The molecule has 0 aromatic heterocycles. The van der Waals surface area contributed by atoms with Crippen molar-refractivity contribution in [2.75, 3.05) is 20.2 Å². The number of nitrogens with zero attached hydrogens (tertiary/aromatic N) is 1. The topological polar surface area (TPSA) is 50.7 Å². The highest BCUT2D eigenvalue weighted by Crippen LogP contribution is 1.72. The van der Waals surface area contributed by atoms with Crippen molar-refractivity contribution in [1.29, 1.82) is 0 Å². The molecule has 4 nitrogen and oxygen atoms in total. The summed E-state index contributed by atoms with van der Waals surface area (Å²) in [5.74, 6) is -0.107. The molecule has 0 rings (SSSR count). The van der Waals surface area contributed by atoms with Gasteiger partial charge in [-0.05, 0) is 7.05 Å².